The van der Waals surface area contributed by atoms with E-state index in [1.54, 1.807) is 0 Å². The van der Waals surface area contributed by atoms with Gasteiger partial charge in [0.2, 0.25) is 0 Å². The van der Waals surface area contributed by atoms with Crippen molar-refractivity contribution in [2.45, 2.75) is 19.9 Å². The molecule has 1 atom stereocenters. The number of hydrogen-bond donors (Lipinski definition) is 1. The summed E-state index contributed by atoms with van der Waals surface area (Å²) in [6.07, 6.45) is 0. The van der Waals surface area contributed by atoms with E-state index in [1.165, 1.54) is 16.3 Å². The number of fused-ring (bicyclic) bond motifs is 1. The SMILES string of the molecule is C=C(C)CNC(C)c1cccc2ccccc12. The van der Waals surface area contributed by atoms with Crippen molar-refractivity contribution in [2.75, 3.05) is 6.54 Å². The van der Waals surface area contributed by atoms with Gasteiger partial charge >= 0.3 is 0 Å². The standard InChI is InChI=1S/C16H19N/c1-12(2)11-17-13(3)15-10-6-8-14-7-4-5-9-16(14)15/h4-10,13,17H,1,11H2,2-3H3. The molecular formula is C16H19N. The Morgan fingerprint density at radius 1 is 1.18 bits per heavy atom. The summed E-state index contributed by atoms with van der Waals surface area (Å²) in [6, 6.07) is 15.3. The smallest absolute Gasteiger partial charge is 0.0300 e. The molecule has 0 aliphatic heterocycles. The minimum absolute atomic E-state index is 0.345. The van der Waals surface area contributed by atoms with Gasteiger partial charge in [-0.3, -0.25) is 0 Å². The lowest BCUT2D eigenvalue weighted by Gasteiger charge is -2.16. The minimum atomic E-state index is 0.345. The fourth-order valence-corrected chi connectivity index (χ4v) is 2.07. The molecule has 1 nitrogen and oxygen atoms in total. The summed E-state index contributed by atoms with van der Waals surface area (Å²) < 4.78 is 0. The lowest BCUT2D eigenvalue weighted by atomic mass is 9.99. The zero-order chi connectivity index (χ0) is 12.3. The highest BCUT2D eigenvalue weighted by Gasteiger charge is 2.07. The maximum atomic E-state index is 3.92. The second kappa shape index (κ2) is 5.15. The molecule has 17 heavy (non-hydrogen) atoms. The summed E-state index contributed by atoms with van der Waals surface area (Å²) in [5, 5.41) is 6.12. The Balaban J connectivity index is 2.31. The van der Waals surface area contributed by atoms with Crippen LogP contribution in [0.1, 0.15) is 25.5 Å². The van der Waals surface area contributed by atoms with Crippen LogP contribution in [0.5, 0.6) is 0 Å². The number of rotatable bonds is 4. The summed E-state index contributed by atoms with van der Waals surface area (Å²) in [5.74, 6) is 0. The molecule has 0 fully saturated rings. The van der Waals surface area contributed by atoms with Crippen LogP contribution >= 0.6 is 0 Å². The van der Waals surface area contributed by atoms with Crippen LogP contribution in [-0.2, 0) is 0 Å². The monoisotopic (exact) mass is 225 g/mol. The summed E-state index contributed by atoms with van der Waals surface area (Å²) in [7, 11) is 0. The zero-order valence-corrected chi connectivity index (χ0v) is 10.5. The van der Waals surface area contributed by atoms with Crippen molar-refractivity contribution in [3.05, 3.63) is 60.2 Å². The molecule has 0 aliphatic rings. The average molecular weight is 225 g/mol. The number of nitrogens with one attached hydrogen (secondary N) is 1. The molecule has 1 N–H and O–H groups in total. The van der Waals surface area contributed by atoms with Crippen LogP contribution < -0.4 is 5.32 Å². The van der Waals surface area contributed by atoms with Gasteiger partial charge in [-0.25, -0.2) is 0 Å². The van der Waals surface area contributed by atoms with Crippen molar-refractivity contribution in [3.63, 3.8) is 0 Å². The second-order valence-electron chi connectivity index (χ2n) is 4.63. The van der Waals surface area contributed by atoms with Crippen LogP contribution in [0.25, 0.3) is 10.8 Å². The first-order chi connectivity index (χ1) is 8.18. The third-order valence-electron chi connectivity index (χ3n) is 3.00. The van der Waals surface area contributed by atoms with E-state index in [9.17, 15) is 0 Å². The molecule has 0 saturated carbocycles. The first-order valence-electron chi connectivity index (χ1n) is 6.04. The summed E-state index contributed by atoms with van der Waals surface area (Å²) in [5.41, 5.74) is 2.52. The van der Waals surface area contributed by atoms with Crippen molar-refractivity contribution in [1.29, 1.82) is 0 Å². The van der Waals surface area contributed by atoms with Gasteiger partial charge in [0.25, 0.3) is 0 Å². The Labute approximate surface area is 103 Å². The Kier molecular flexibility index (Phi) is 3.60. The van der Waals surface area contributed by atoms with E-state index in [0.29, 0.717) is 6.04 Å². The molecule has 2 aromatic carbocycles. The van der Waals surface area contributed by atoms with E-state index in [4.69, 9.17) is 0 Å². The van der Waals surface area contributed by atoms with Crippen LogP contribution in [0.15, 0.2) is 54.6 Å². The van der Waals surface area contributed by atoms with Crippen LogP contribution in [-0.4, -0.2) is 6.54 Å². The Morgan fingerprint density at radius 3 is 2.65 bits per heavy atom. The third kappa shape index (κ3) is 2.75. The molecule has 0 aliphatic carbocycles. The molecule has 1 heteroatoms. The van der Waals surface area contributed by atoms with E-state index in [2.05, 4.69) is 61.3 Å². The molecule has 0 spiro atoms. The summed E-state index contributed by atoms with van der Waals surface area (Å²) >= 11 is 0. The molecule has 0 amide bonds. The minimum Gasteiger partial charge on any atom is -0.306 e. The van der Waals surface area contributed by atoms with Gasteiger partial charge in [-0.2, -0.15) is 0 Å². The van der Waals surface area contributed by atoms with Gasteiger partial charge in [0.1, 0.15) is 0 Å². The number of benzene rings is 2. The Bertz CT molecular complexity index is 523. The highest BCUT2D eigenvalue weighted by atomic mass is 14.9. The first kappa shape index (κ1) is 11.9. The van der Waals surface area contributed by atoms with Crippen molar-refractivity contribution < 1.29 is 0 Å². The fraction of sp³-hybridized carbons (Fsp3) is 0.250. The second-order valence-corrected chi connectivity index (χ2v) is 4.63. The molecule has 0 heterocycles. The van der Waals surface area contributed by atoms with Crippen molar-refractivity contribution in [2.24, 2.45) is 0 Å². The fourth-order valence-electron chi connectivity index (χ4n) is 2.07. The van der Waals surface area contributed by atoms with E-state index in [-0.39, 0.29) is 0 Å². The molecule has 0 saturated heterocycles. The van der Waals surface area contributed by atoms with Crippen LogP contribution in [0.4, 0.5) is 0 Å². The molecular weight excluding hydrogens is 206 g/mol. The summed E-state index contributed by atoms with van der Waals surface area (Å²) in [6.45, 7) is 9.03. The molecule has 0 aromatic heterocycles. The molecule has 0 radical (unpaired) electrons. The van der Waals surface area contributed by atoms with Crippen LogP contribution in [0.2, 0.25) is 0 Å². The maximum absolute atomic E-state index is 3.92. The lowest BCUT2D eigenvalue weighted by molar-refractivity contribution is 0.611. The first-order valence-corrected chi connectivity index (χ1v) is 6.04. The van der Waals surface area contributed by atoms with Gasteiger partial charge in [-0.1, -0.05) is 54.6 Å². The third-order valence-corrected chi connectivity index (χ3v) is 3.00. The average Bonchev–Trinajstić information content (AvgIpc) is 2.35. The van der Waals surface area contributed by atoms with Crippen molar-refractivity contribution in [1.82, 2.24) is 5.32 Å². The molecule has 2 rings (SSSR count). The van der Waals surface area contributed by atoms with Gasteiger partial charge in [-0.05, 0) is 30.2 Å². The number of hydrogen-bond acceptors (Lipinski definition) is 1. The lowest BCUT2D eigenvalue weighted by Crippen LogP contribution is -2.20. The van der Waals surface area contributed by atoms with Gasteiger partial charge in [0.05, 0.1) is 0 Å². The molecule has 0 bridgehead atoms. The van der Waals surface area contributed by atoms with E-state index >= 15 is 0 Å². The maximum Gasteiger partial charge on any atom is 0.0300 e. The van der Waals surface area contributed by atoms with Crippen LogP contribution in [0.3, 0.4) is 0 Å². The molecule has 88 valence electrons. The van der Waals surface area contributed by atoms with E-state index < -0.39 is 0 Å². The predicted molar refractivity (Wildman–Crippen MR) is 75.2 cm³/mol. The predicted octanol–water partition coefficient (Wildman–Crippen LogP) is 4.07. The van der Waals surface area contributed by atoms with Gasteiger partial charge in [0, 0.05) is 12.6 Å². The van der Waals surface area contributed by atoms with Crippen molar-refractivity contribution in [3.8, 4) is 0 Å². The highest BCUT2D eigenvalue weighted by molar-refractivity contribution is 5.86. The van der Waals surface area contributed by atoms with Crippen LogP contribution in [0, 0.1) is 0 Å². The van der Waals surface area contributed by atoms with Crippen molar-refractivity contribution >= 4 is 10.8 Å². The molecule has 1 unspecified atom stereocenters. The summed E-state index contributed by atoms with van der Waals surface area (Å²) in [4.78, 5) is 0. The Morgan fingerprint density at radius 2 is 1.88 bits per heavy atom. The normalized spacial score (nSPS) is 12.6. The van der Waals surface area contributed by atoms with Gasteiger partial charge in [0.15, 0.2) is 0 Å². The quantitative estimate of drug-likeness (QED) is 0.773. The van der Waals surface area contributed by atoms with E-state index in [0.717, 1.165) is 12.1 Å². The Hall–Kier alpha value is -1.60. The van der Waals surface area contributed by atoms with Gasteiger partial charge in [-0.15, -0.1) is 0 Å². The topological polar surface area (TPSA) is 12.0 Å². The largest absolute Gasteiger partial charge is 0.306 e. The zero-order valence-electron chi connectivity index (χ0n) is 10.5. The highest BCUT2D eigenvalue weighted by Crippen LogP contribution is 2.23. The van der Waals surface area contributed by atoms with Gasteiger partial charge < -0.3 is 5.32 Å². The van der Waals surface area contributed by atoms with E-state index in [1.807, 2.05) is 6.92 Å². The molecule has 2 aromatic rings.